The van der Waals surface area contributed by atoms with Crippen molar-refractivity contribution in [3.05, 3.63) is 46.4 Å². The van der Waals surface area contributed by atoms with Gasteiger partial charge in [0.2, 0.25) is 0 Å². The molecule has 0 radical (unpaired) electrons. The Labute approximate surface area is 131 Å². The van der Waals surface area contributed by atoms with E-state index in [1.54, 1.807) is 30.3 Å². The molecule has 2 aromatic rings. The summed E-state index contributed by atoms with van der Waals surface area (Å²) in [5.74, 6) is 0.476. The van der Waals surface area contributed by atoms with Crippen LogP contribution in [-0.2, 0) is 0 Å². The number of nitrogens with zero attached hydrogens (tertiary/aromatic N) is 1. The summed E-state index contributed by atoms with van der Waals surface area (Å²) in [6.45, 7) is 0. The van der Waals surface area contributed by atoms with Gasteiger partial charge in [0.15, 0.2) is 5.75 Å². The molecule has 2 aromatic carbocycles. The van der Waals surface area contributed by atoms with Gasteiger partial charge in [-0.15, -0.1) is 0 Å². The molecule has 1 aliphatic rings. The molecule has 4 nitrogen and oxygen atoms in total. The molecule has 6 heteroatoms. The minimum atomic E-state index is -0.163. The van der Waals surface area contributed by atoms with Gasteiger partial charge in [0, 0.05) is 6.42 Å². The lowest BCUT2D eigenvalue weighted by atomic mass is 10.2. The highest BCUT2D eigenvalue weighted by atomic mass is 35.5. The quantitative estimate of drug-likeness (QED) is 0.657. The Morgan fingerprint density at radius 3 is 2.52 bits per heavy atom. The van der Waals surface area contributed by atoms with Crippen molar-refractivity contribution in [3.8, 4) is 11.5 Å². The zero-order chi connectivity index (χ0) is 15.0. The summed E-state index contributed by atoms with van der Waals surface area (Å²) in [7, 11) is 0. The third-order valence-electron chi connectivity index (χ3n) is 3.11. The third kappa shape index (κ3) is 2.91. The zero-order valence-electron chi connectivity index (χ0n) is 10.9. The molecule has 0 bridgehead atoms. The van der Waals surface area contributed by atoms with E-state index < -0.39 is 0 Å². The van der Waals surface area contributed by atoms with Crippen LogP contribution >= 0.6 is 23.2 Å². The molecular formula is C15H12Cl2N2O2. The average molecular weight is 323 g/mol. The number of para-hydroxylation sites is 2. The molecule has 1 aliphatic carbocycles. The van der Waals surface area contributed by atoms with Crippen molar-refractivity contribution in [2.24, 2.45) is 4.99 Å². The first-order chi connectivity index (χ1) is 10.1. The number of aromatic hydroxyl groups is 1. The molecular weight excluding hydrogens is 311 g/mol. The molecule has 1 saturated carbocycles. The molecule has 108 valence electrons. The molecule has 0 saturated heterocycles. The number of phenols is 1. The smallest absolute Gasteiger partial charge is 0.157 e. The van der Waals surface area contributed by atoms with Gasteiger partial charge in [-0.1, -0.05) is 35.3 Å². The van der Waals surface area contributed by atoms with E-state index in [1.165, 1.54) is 6.07 Å². The molecule has 1 atom stereocenters. The maximum absolute atomic E-state index is 9.55. The summed E-state index contributed by atoms with van der Waals surface area (Å²) < 4.78 is 5.74. The van der Waals surface area contributed by atoms with Crippen molar-refractivity contribution >= 4 is 40.3 Å². The van der Waals surface area contributed by atoms with Crippen LogP contribution in [0, 0.1) is 0 Å². The van der Waals surface area contributed by atoms with Crippen LogP contribution in [0.2, 0.25) is 10.0 Å². The Morgan fingerprint density at radius 2 is 1.81 bits per heavy atom. The molecule has 0 heterocycles. The molecule has 1 unspecified atom stereocenters. The Morgan fingerprint density at radius 1 is 1.14 bits per heavy atom. The Kier molecular flexibility index (Phi) is 3.66. The Hall–Kier alpha value is -1.91. The fraction of sp³-hybridized carbons (Fsp3) is 0.133. The highest BCUT2D eigenvalue weighted by molar-refractivity contribution is 6.37. The van der Waals surface area contributed by atoms with E-state index in [2.05, 4.69) is 4.99 Å². The first-order valence-corrected chi connectivity index (χ1v) is 7.07. The lowest BCUT2D eigenvalue weighted by molar-refractivity contribution is 0.322. The average Bonchev–Trinajstić information content (AvgIpc) is 3.18. The molecule has 1 fully saturated rings. The van der Waals surface area contributed by atoms with Crippen molar-refractivity contribution in [1.82, 2.24) is 0 Å². The van der Waals surface area contributed by atoms with E-state index in [4.69, 9.17) is 33.7 Å². The van der Waals surface area contributed by atoms with E-state index >= 15 is 0 Å². The summed E-state index contributed by atoms with van der Waals surface area (Å²) in [6.07, 6.45) is 0.514. The van der Waals surface area contributed by atoms with Gasteiger partial charge in [0.25, 0.3) is 0 Å². The lowest BCUT2D eigenvalue weighted by Crippen LogP contribution is -2.01. The van der Waals surface area contributed by atoms with Gasteiger partial charge in [-0.25, -0.2) is 0 Å². The Balaban J connectivity index is 1.78. The van der Waals surface area contributed by atoms with E-state index in [0.717, 1.165) is 5.71 Å². The van der Waals surface area contributed by atoms with Crippen molar-refractivity contribution in [2.75, 3.05) is 5.73 Å². The predicted octanol–water partition coefficient (Wildman–Crippen LogP) is 4.21. The molecule has 21 heavy (non-hydrogen) atoms. The Bertz CT molecular complexity index is 711. The first-order valence-electron chi connectivity index (χ1n) is 6.32. The van der Waals surface area contributed by atoms with Crippen molar-refractivity contribution < 1.29 is 9.84 Å². The SMILES string of the molecule is Nc1c(O)cccc1N=C1CC1Oc1c(Cl)cccc1Cl. The third-order valence-corrected chi connectivity index (χ3v) is 3.70. The molecule has 0 spiro atoms. The topological polar surface area (TPSA) is 67.8 Å². The standard InChI is InChI=1S/C15H12Cl2N2O2/c16-8-3-1-4-9(17)15(8)21-13-7-11(13)19-10-5-2-6-12(20)14(10)18/h1-6,13,20H,7,18H2. The van der Waals surface area contributed by atoms with Crippen LogP contribution in [0.3, 0.4) is 0 Å². The van der Waals surface area contributed by atoms with Gasteiger partial charge in [-0.05, 0) is 24.3 Å². The second-order valence-electron chi connectivity index (χ2n) is 4.67. The second kappa shape index (κ2) is 5.47. The minimum Gasteiger partial charge on any atom is -0.506 e. The highest BCUT2D eigenvalue weighted by Crippen LogP contribution is 2.38. The number of aliphatic imine (C=N–C) groups is 1. The van der Waals surface area contributed by atoms with Gasteiger partial charge >= 0.3 is 0 Å². The van der Waals surface area contributed by atoms with Crippen LogP contribution in [0.25, 0.3) is 0 Å². The van der Waals surface area contributed by atoms with Crippen LogP contribution in [0.15, 0.2) is 41.4 Å². The summed E-state index contributed by atoms with van der Waals surface area (Å²) >= 11 is 12.1. The minimum absolute atomic E-state index is 0.0177. The van der Waals surface area contributed by atoms with Gasteiger partial charge in [-0.3, -0.25) is 4.99 Å². The van der Waals surface area contributed by atoms with Gasteiger partial charge in [0.05, 0.1) is 27.1 Å². The second-order valence-corrected chi connectivity index (χ2v) is 5.49. The number of ether oxygens (including phenoxy) is 1. The number of halogens is 2. The largest absolute Gasteiger partial charge is 0.506 e. The number of benzene rings is 2. The van der Waals surface area contributed by atoms with Crippen molar-refractivity contribution in [3.63, 3.8) is 0 Å². The zero-order valence-corrected chi connectivity index (χ0v) is 12.4. The normalized spacial score (nSPS) is 18.8. The number of nitrogen functional groups attached to an aromatic ring is 1. The summed E-state index contributed by atoms with van der Waals surface area (Å²) in [5, 5.41) is 10.5. The monoisotopic (exact) mass is 322 g/mol. The molecule has 0 aliphatic heterocycles. The molecule has 0 amide bonds. The summed E-state index contributed by atoms with van der Waals surface area (Å²) in [5.41, 5.74) is 7.39. The maximum Gasteiger partial charge on any atom is 0.157 e. The van der Waals surface area contributed by atoms with Crippen LogP contribution in [0.4, 0.5) is 11.4 Å². The number of hydrogen-bond donors (Lipinski definition) is 2. The van der Waals surface area contributed by atoms with Crippen LogP contribution in [-0.4, -0.2) is 16.9 Å². The first kappa shape index (κ1) is 14.0. The van der Waals surface area contributed by atoms with E-state index in [0.29, 0.717) is 27.9 Å². The fourth-order valence-corrected chi connectivity index (χ4v) is 2.38. The van der Waals surface area contributed by atoms with E-state index in [9.17, 15) is 5.11 Å². The molecule has 3 rings (SSSR count). The fourth-order valence-electron chi connectivity index (χ4n) is 1.89. The lowest BCUT2D eigenvalue weighted by Gasteiger charge is -2.07. The molecule has 0 aromatic heterocycles. The van der Waals surface area contributed by atoms with Crippen LogP contribution in [0.5, 0.6) is 11.5 Å². The number of phenolic OH excluding ortho intramolecular Hbond substituents is 1. The van der Waals surface area contributed by atoms with Crippen LogP contribution in [0.1, 0.15) is 6.42 Å². The van der Waals surface area contributed by atoms with Gasteiger partial charge in [-0.2, -0.15) is 0 Å². The summed E-state index contributed by atoms with van der Waals surface area (Å²) in [6, 6.07) is 10.1. The van der Waals surface area contributed by atoms with Crippen molar-refractivity contribution in [1.29, 1.82) is 0 Å². The van der Waals surface area contributed by atoms with Gasteiger partial charge < -0.3 is 15.6 Å². The number of nitrogens with two attached hydrogens (primary N) is 1. The van der Waals surface area contributed by atoms with E-state index in [-0.39, 0.29) is 17.5 Å². The van der Waals surface area contributed by atoms with Gasteiger partial charge in [0.1, 0.15) is 11.9 Å². The summed E-state index contributed by atoms with van der Waals surface area (Å²) in [4.78, 5) is 4.39. The maximum atomic E-state index is 9.55. The van der Waals surface area contributed by atoms with E-state index in [1.807, 2.05) is 0 Å². The van der Waals surface area contributed by atoms with Crippen molar-refractivity contribution in [2.45, 2.75) is 12.5 Å². The highest BCUT2D eigenvalue weighted by Gasteiger charge is 2.35. The molecule has 3 N–H and O–H groups in total. The number of rotatable bonds is 3. The predicted molar refractivity (Wildman–Crippen MR) is 85.1 cm³/mol. The number of anilines is 1. The van der Waals surface area contributed by atoms with Crippen LogP contribution < -0.4 is 10.5 Å². The number of hydrogen-bond acceptors (Lipinski definition) is 4.